The van der Waals surface area contributed by atoms with Crippen LogP contribution in [0.25, 0.3) is 0 Å². The molecule has 17 heavy (non-hydrogen) atoms. The summed E-state index contributed by atoms with van der Waals surface area (Å²) in [6.45, 7) is 3.06. The van der Waals surface area contributed by atoms with Gasteiger partial charge in [-0.3, -0.25) is 4.79 Å². The van der Waals surface area contributed by atoms with Crippen LogP contribution in [0.2, 0.25) is 0 Å². The van der Waals surface area contributed by atoms with Crippen LogP contribution in [0.3, 0.4) is 0 Å². The normalized spacial score (nSPS) is 10.3. The number of carbonyl (C=O) groups is 1. The zero-order valence-electron chi connectivity index (χ0n) is 10.1. The average molecular weight is 238 g/mol. The van der Waals surface area contributed by atoms with Gasteiger partial charge in [0, 0.05) is 6.54 Å². The summed E-state index contributed by atoms with van der Waals surface area (Å²) in [6, 6.07) is 4.52. The number of hydrogen-bond donors (Lipinski definition) is 2. The molecule has 1 rings (SSSR count). The number of unbranched alkanes of at least 4 members (excludes halogenated alkanes) is 2. The molecule has 0 aromatic heterocycles. The smallest absolute Gasteiger partial charge is 0.254 e. The van der Waals surface area contributed by atoms with Crippen molar-refractivity contribution in [3.63, 3.8) is 0 Å². The van der Waals surface area contributed by atoms with E-state index in [9.17, 15) is 9.18 Å². The lowest BCUT2D eigenvalue weighted by Crippen LogP contribution is -2.25. The minimum absolute atomic E-state index is 0.115. The molecule has 0 fully saturated rings. The highest BCUT2D eigenvalue weighted by atomic mass is 19.1. The van der Waals surface area contributed by atoms with E-state index >= 15 is 0 Å². The van der Waals surface area contributed by atoms with Gasteiger partial charge < -0.3 is 11.1 Å². The Morgan fingerprint density at radius 1 is 1.35 bits per heavy atom. The summed E-state index contributed by atoms with van der Waals surface area (Å²) in [6.07, 6.45) is 2.80. The molecule has 0 saturated carbocycles. The van der Waals surface area contributed by atoms with Crippen LogP contribution in [-0.2, 0) is 0 Å². The number of halogens is 1. The maximum atomic E-state index is 13.4. The molecule has 0 aliphatic heterocycles. The van der Waals surface area contributed by atoms with Crippen LogP contribution in [0.1, 0.15) is 35.2 Å². The Bertz CT molecular complexity index is 380. The molecule has 0 bridgehead atoms. The van der Waals surface area contributed by atoms with E-state index in [-0.39, 0.29) is 11.5 Å². The van der Waals surface area contributed by atoms with Gasteiger partial charge in [-0.05, 0) is 38.4 Å². The maximum Gasteiger partial charge on any atom is 0.254 e. The molecule has 0 unspecified atom stereocenters. The highest BCUT2D eigenvalue weighted by molar-refractivity contribution is 5.94. The van der Waals surface area contributed by atoms with Crippen molar-refractivity contribution >= 4 is 5.91 Å². The fourth-order valence-electron chi connectivity index (χ4n) is 1.56. The second-order valence-electron chi connectivity index (χ2n) is 4.09. The lowest BCUT2D eigenvalue weighted by atomic mass is 10.1. The summed E-state index contributed by atoms with van der Waals surface area (Å²) in [5.74, 6) is -0.825. The second kappa shape index (κ2) is 7.01. The van der Waals surface area contributed by atoms with Gasteiger partial charge in [0.2, 0.25) is 0 Å². The number of rotatable bonds is 6. The first-order chi connectivity index (χ1) is 8.15. The van der Waals surface area contributed by atoms with Gasteiger partial charge in [-0.25, -0.2) is 4.39 Å². The molecule has 94 valence electrons. The molecule has 3 N–H and O–H groups in total. The van der Waals surface area contributed by atoms with Gasteiger partial charge in [-0.2, -0.15) is 0 Å². The van der Waals surface area contributed by atoms with Gasteiger partial charge in [0.05, 0.1) is 5.56 Å². The summed E-state index contributed by atoms with van der Waals surface area (Å²) in [5.41, 5.74) is 6.35. The monoisotopic (exact) mass is 238 g/mol. The Morgan fingerprint density at radius 3 is 2.82 bits per heavy atom. The molecule has 0 aliphatic rings. The van der Waals surface area contributed by atoms with Gasteiger partial charge >= 0.3 is 0 Å². The first-order valence-corrected chi connectivity index (χ1v) is 5.89. The van der Waals surface area contributed by atoms with E-state index in [1.54, 1.807) is 12.1 Å². The van der Waals surface area contributed by atoms with Crippen molar-refractivity contribution in [2.45, 2.75) is 26.2 Å². The minimum Gasteiger partial charge on any atom is -0.352 e. The molecule has 0 spiro atoms. The van der Waals surface area contributed by atoms with E-state index in [0.29, 0.717) is 13.1 Å². The fraction of sp³-hybridized carbons (Fsp3) is 0.462. The van der Waals surface area contributed by atoms with E-state index in [2.05, 4.69) is 5.32 Å². The minimum atomic E-state index is -0.477. The second-order valence-corrected chi connectivity index (χ2v) is 4.09. The summed E-state index contributed by atoms with van der Waals surface area (Å²) in [4.78, 5) is 11.7. The molecule has 0 heterocycles. The van der Waals surface area contributed by atoms with Crippen molar-refractivity contribution in [2.24, 2.45) is 5.73 Å². The molecule has 0 atom stereocenters. The van der Waals surface area contributed by atoms with E-state index in [1.165, 1.54) is 6.07 Å². The van der Waals surface area contributed by atoms with E-state index in [1.807, 2.05) is 6.92 Å². The summed E-state index contributed by atoms with van der Waals surface area (Å²) >= 11 is 0. The van der Waals surface area contributed by atoms with E-state index < -0.39 is 5.82 Å². The number of nitrogens with one attached hydrogen (secondary N) is 1. The van der Waals surface area contributed by atoms with Crippen LogP contribution in [0.4, 0.5) is 4.39 Å². The molecule has 1 amide bonds. The van der Waals surface area contributed by atoms with E-state index in [0.717, 1.165) is 24.8 Å². The molecule has 0 aliphatic carbocycles. The predicted octanol–water partition coefficient (Wildman–Crippen LogP) is 1.99. The SMILES string of the molecule is Cc1ccc(F)c(C(=O)NCCCCCN)c1. The maximum absolute atomic E-state index is 13.4. The third-order valence-electron chi connectivity index (χ3n) is 2.53. The number of carbonyl (C=O) groups excluding carboxylic acids is 1. The Morgan fingerprint density at radius 2 is 2.12 bits per heavy atom. The standard InChI is InChI=1S/C13H19FN2O/c1-10-5-6-12(14)11(9-10)13(17)16-8-4-2-3-7-15/h5-6,9H,2-4,7-8,15H2,1H3,(H,16,17). The topological polar surface area (TPSA) is 55.1 Å². The van der Waals surface area contributed by atoms with Crippen molar-refractivity contribution in [1.29, 1.82) is 0 Å². The summed E-state index contributed by atoms with van der Waals surface area (Å²) < 4.78 is 13.4. The van der Waals surface area contributed by atoms with Crippen LogP contribution in [-0.4, -0.2) is 19.0 Å². The Kier molecular flexibility index (Phi) is 5.63. The summed E-state index contributed by atoms with van der Waals surface area (Å²) in [5, 5.41) is 2.71. The number of benzene rings is 1. The number of hydrogen-bond acceptors (Lipinski definition) is 2. The van der Waals surface area contributed by atoms with Crippen LogP contribution in [0, 0.1) is 12.7 Å². The van der Waals surface area contributed by atoms with Crippen molar-refractivity contribution < 1.29 is 9.18 Å². The van der Waals surface area contributed by atoms with Crippen molar-refractivity contribution in [3.8, 4) is 0 Å². The van der Waals surface area contributed by atoms with Crippen molar-refractivity contribution in [3.05, 3.63) is 35.1 Å². The Labute approximate surface area is 101 Å². The highest BCUT2D eigenvalue weighted by Crippen LogP contribution is 2.09. The molecule has 0 saturated heterocycles. The zero-order valence-corrected chi connectivity index (χ0v) is 10.1. The first-order valence-electron chi connectivity index (χ1n) is 5.89. The Hall–Kier alpha value is -1.42. The molecular formula is C13H19FN2O. The molecule has 1 aromatic carbocycles. The summed E-state index contributed by atoms with van der Waals surface area (Å²) in [7, 11) is 0. The van der Waals surface area contributed by atoms with Crippen LogP contribution in [0.15, 0.2) is 18.2 Å². The van der Waals surface area contributed by atoms with Gasteiger partial charge in [0.25, 0.3) is 5.91 Å². The zero-order chi connectivity index (χ0) is 12.7. The number of nitrogens with two attached hydrogens (primary N) is 1. The van der Waals surface area contributed by atoms with Gasteiger partial charge in [0.15, 0.2) is 0 Å². The molecular weight excluding hydrogens is 219 g/mol. The van der Waals surface area contributed by atoms with Crippen molar-refractivity contribution in [1.82, 2.24) is 5.32 Å². The van der Waals surface area contributed by atoms with Crippen LogP contribution < -0.4 is 11.1 Å². The highest BCUT2D eigenvalue weighted by Gasteiger charge is 2.10. The molecule has 4 heteroatoms. The number of aryl methyl sites for hydroxylation is 1. The largest absolute Gasteiger partial charge is 0.352 e. The molecule has 1 aromatic rings. The van der Waals surface area contributed by atoms with Crippen LogP contribution >= 0.6 is 0 Å². The fourth-order valence-corrected chi connectivity index (χ4v) is 1.56. The average Bonchev–Trinajstić information content (AvgIpc) is 2.32. The third kappa shape index (κ3) is 4.53. The first kappa shape index (κ1) is 13.6. The number of amides is 1. The molecule has 3 nitrogen and oxygen atoms in total. The Balaban J connectivity index is 2.44. The molecule has 0 radical (unpaired) electrons. The predicted molar refractivity (Wildman–Crippen MR) is 66.4 cm³/mol. The lowest BCUT2D eigenvalue weighted by molar-refractivity contribution is 0.0949. The third-order valence-corrected chi connectivity index (χ3v) is 2.53. The van der Waals surface area contributed by atoms with Crippen LogP contribution in [0.5, 0.6) is 0 Å². The quantitative estimate of drug-likeness (QED) is 0.745. The lowest BCUT2D eigenvalue weighted by Gasteiger charge is -2.06. The van der Waals surface area contributed by atoms with Gasteiger partial charge in [-0.1, -0.05) is 18.1 Å². The van der Waals surface area contributed by atoms with E-state index in [4.69, 9.17) is 5.73 Å². The van der Waals surface area contributed by atoms with Gasteiger partial charge in [0.1, 0.15) is 5.82 Å². The van der Waals surface area contributed by atoms with Crippen molar-refractivity contribution in [2.75, 3.05) is 13.1 Å². The van der Waals surface area contributed by atoms with Gasteiger partial charge in [-0.15, -0.1) is 0 Å².